The Morgan fingerprint density at radius 1 is 0.880 bits per heavy atom. The van der Waals surface area contributed by atoms with Crippen LogP contribution in [0.15, 0.2) is 54.6 Å². The first-order chi connectivity index (χ1) is 11.7. The fourth-order valence-electron chi connectivity index (χ4n) is 1.89. The van der Waals surface area contributed by atoms with Crippen LogP contribution >= 0.6 is 0 Å². The van der Waals surface area contributed by atoms with Crippen molar-refractivity contribution in [2.75, 3.05) is 10.6 Å². The van der Waals surface area contributed by atoms with Gasteiger partial charge in [0.25, 0.3) is 0 Å². The number of carbonyl (C=O) groups is 2. The van der Waals surface area contributed by atoms with Gasteiger partial charge in [0.2, 0.25) is 11.8 Å². The highest BCUT2D eigenvalue weighted by molar-refractivity contribution is 6.02. The van der Waals surface area contributed by atoms with Crippen molar-refractivity contribution in [2.45, 2.75) is 20.8 Å². The number of anilines is 2. The van der Waals surface area contributed by atoms with E-state index >= 15 is 0 Å². The van der Waals surface area contributed by atoms with Gasteiger partial charge in [-0.15, -0.1) is 5.75 Å². The molecule has 0 aliphatic rings. The van der Waals surface area contributed by atoms with Gasteiger partial charge in [0.05, 0.1) is 0 Å². The molecule has 2 amide bonds. The summed E-state index contributed by atoms with van der Waals surface area (Å²) >= 11 is 0. The molecule has 0 heterocycles. The van der Waals surface area contributed by atoms with E-state index in [2.05, 4.69) is 10.6 Å². The highest BCUT2D eigenvalue weighted by atomic mass is 16.3. The maximum atomic E-state index is 11.9. The van der Waals surface area contributed by atoms with Crippen molar-refractivity contribution >= 4 is 29.3 Å². The molecule has 0 spiro atoms. The first kappa shape index (κ1) is 18.3. The summed E-state index contributed by atoms with van der Waals surface area (Å²) in [7, 11) is 0. The highest BCUT2D eigenvalue weighted by Gasteiger charge is 2.20. The molecule has 25 heavy (non-hydrogen) atoms. The Bertz CT molecular complexity index is 770. The molecule has 0 aliphatic carbocycles. The van der Waals surface area contributed by atoms with Gasteiger partial charge in [-0.3, -0.25) is 9.59 Å². The molecule has 2 aromatic rings. The summed E-state index contributed by atoms with van der Waals surface area (Å²) in [4.78, 5) is 23.8. The van der Waals surface area contributed by atoms with E-state index in [0.29, 0.717) is 11.4 Å². The molecule has 0 aliphatic heterocycles. The average molecular weight is 337 g/mol. The third-order valence-electron chi connectivity index (χ3n) is 3.40. The molecule has 5 nitrogen and oxygen atoms in total. The number of amides is 2. The summed E-state index contributed by atoms with van der Waals surface area (Å²) in [6.07, 6.45) is 3.03. The number of nitrogens with one attached hydrogen (secondary N) is 2. The Hall–Kier alpha value is -3.08. The fourth-order valence-corrected chi connectivity index (χ4v) is 1.89. The van der Waals surface area contributed by atoms with Gasteiger partial charge in [0, 0.05) is 22.9 Å². The fraction of sp³-hybridized carbons (Fsp3) is 0.200. The van der Waals surface area contributed by atoms with Gasteiger partial charge in [-0.05, 0) is 35.9 Å². The summed E-state index contributed by atoms with van der Waals surface area (Å²) in [5.74, 6) is -0.422. The summed E-state index contributed by atoms with van der Waals surface area (Å²) in [6, 6.07) is 13.1. The quantitative estimate of drug-likeness (QED) is 0.839. The first-order valence-corrected chi connectivity index (χ1v) is 7.92. The molecule has 0 atom stereocenters. The van der Waals surface area contributed by atoms with Gasteiger partial charge in [0.15, 0.2) is 0 Å². The Labute approximate surface area is 147 Å². The Morgan fingerprint density at radius 2 is 1.40 bits per heavy atom. The standard InChI is InChI=1S/C20H22N2O3/c1-20(2,3)19(25)22-16-9-7-15(8-10-16)21-18(24)13-6-14-4-11-17(23)12-5-14/h4-13,23H,1-3H3,(H,21,24)(H,22,25)/p-1/b13-6+. The van der Waals surface area contributed by atoms with Crippen LogP contribution in [0, 0.1) is 5.41 Å². The molecule has 130 valence electrons. The van der Waals surface area contributed by atoms with Crippen molar-refractivity contribution in [3.05, 3.63) is 60.2 Å². The van der Waals surface area contributed by atoms with E-state index in [4.69, 9.17) is 0 Å². The minimum Gasteiger partial charge on any atom is -0.872 e. The van der Waals surface area contributed by atoms with Crippen molar-refractivity contribution < 1.29 is 14.7 Å². The molecule has 0 bridgehead atoms. The van der Waals surface area contributed by atoms with Gasteiger partial charge >= 0.3 is 0 Å². The summed E-state index contributed by atoms with van der Waals surface area (Å²) < 4.78 is 0. The van der Waals surface area contributed by atoms with Crippen LogP contribution in [0.3, 0.4) is 0 Å². The van der Waals surface area contributed by atoms with Crippen LogP contribution in [0.2, 0.25) is 0 Å². The third-order valence-corrected chi connectivity index (χ3v) is 3.40. The molecular formula is C20H21N2O3-. The van der Waals surface area contributed by atoms with E-state index in [9.17, 15) is 14.7 Å². The van der Waals surface area contributed by atoms with Gasteiger partial charge in [-0.25, -0.2) is 0 Å². The normalized spacial score (nSPS) is 11.3. The number of rotatable bonds is 4. The molecule has 2 aromatic carbocycles. The Morgan fingerprint density at radius 3 is 1.92 bits per heavy atom. The van der Waals surface area contributed by atoms with Crippen molar-refractivity contribution in [3.63, 3.8) is 0 Å². The lowest BCUT2D eigenvalue weighted by molar-refractivity contribution is -0.268. The number of hydrogen-bond acceptors (Lipinski definition) is 3. The summed E-state index contributed by atoms with van der Waals surface area (Å²) in [5, 5.41) is 16.6. The van der Waals surface area contributed by atoms with Crippen LogP contribution in [0.5, 0.6) is 5.75 Å². The lowest BCUT2D eigenvalue weighted by Crippen LogP contribution is -2.27. The topological polar surface area (TPSA) is 81.3 Å². The van der Waals surface area contributed by atoms with Crippen LogP contribution in [-0.4, -0.2) is 11.8 Å². The SMILES string of the molecule is CC(C)(C)C(=O)Nc1ccc(NC(=O)/C=C/c2ccc([O-])cc2)cc1. The lowest BCUT2D eigenvalue weighted by atomic mass is 9.95. The van der Waals surface area contributed by atoms with Gasteiger partial charge in [0.1, 0.15) is 0 Å². The van der Waals surface area contributed by atoms with Crippen LogP contribution in [0.4, 0.5) is 11.4 Å². The zero-order valence-electron chi connectivity index (χ0n) is 14.5. The minimum atomic E-state index is -0.470. The first-order valence-electron chi connectivity index (χ1n) is 7.92. The third kappa shape index (κ3) is 5.80. The second-order valence-corrected chi connectivity index (χ2v) is 6.67. The second-order valence-electron chi connectivity index (χ2n) is 6.67. The predicted octanol–water partition coefficient (Wildman–Crippen LogP) is 3.40. The maximum Gasteiger partial charge on any atom is 0.248 e. The van der Waals surface area contributed by atoms with Crippen LogP contribution in [0.25, 0.3) is 6.08 Å². The number of hydrogen-bond donors (Lipinski definition) is 2. The molecule has 0 saturated carbocycles. The number of carbonyl (C=O) groups excluding carboxylic acids is 2. The molecular weight excluding hydrogens is 316 g/mol. The molecule has 5 heteroatoms. The van der Waals surface area contributed by atoms with E-state index in [-0.39, 0.29) is 17.6 Å². The Kier molecular flexibility index (Phi) is 5.60. The molecule has 0 aromatic heterocycles. The molecule has 2 N–H and O–H groups in total. The van der Waals surface area contributed by atoms with Crippen molar-refractivity contribution in [3.8, 4) is 5.75 Å². The van der Waals surface area contributed by atoms with Crippen molar-refractivity contribution in [1.82, 2.24) is 0 Å². The molecule has 0 unspecified atom stereocenters. The second kappa shape index (κ2) is 7.66. The van der Waals surface area contributed by atoms with Gasteiger partial charge in [-0.2, -0.15) is 0 Å². The van der Waals surface area contributed by atoms with E-state index in [1.54, 1.807) is 42.5 Å². The minimum absolute atomic E-state index is 0.0692. The van der Waals surface area contributed by atoms with E-state index in [1.165, 1.54) is 18.2 Å². The van der Waals surface area contributed by atoms with Crippen molar-refractivity contribution in [1.29, 1.82) is 0 Å². The molecule has 0 saturated heterocycles. The molecule has 2 rings (SSSR count). The summed E-state index contributed by atoms with van der Waals surface area (Å²) in [6.45, 7) is 5.52. The predicted molar refractivity (Wildman–Crippen MR) is 98.1 cm³/mol. The highest BCUT2D eigenvalue weighted by Crippen LogP contribution is 2.19. The van der Waals surface area contributed by atoms with E-state index in [1.807, 2.05) is 20.8 Å². The Balaban J connectivity index is 1.93. The average Bonchev–Trinajstić information content (AvgIpc) is 2.55. The maximum absolute atomic E-state index is 11.9. The molecule has 0 fully saturated rings. The van der Waals surface area contributed by atoms with Gasteiger partial charge in [-0.1, -0.05) is 45.0 Å². The summed E-state index contributed by atoms with van der Waals surface area (Å²) in [5.41, 5.74) is 1.60. The van der Waals surface area contributed by atoms with Crippen LogP contribution in [-0.2, 0) is 9.59 Å². The molecule has 0 radical (unpaired) electrons. The lowest BCUT2D eigenvalue weighted by Gasteiger charge is -2.17. The van der Waals surface area contributed by atoms with Crippen LogP contribution in [0.1, 0.15) is 26.3 Å². The van der Waals surface area contributed by atoms with Crippen molar-refractivity contribution in [2.24, 2.45) is 5.41 Å². The van der Waals surface area contributed by atoms with Crippen LogP contribution < -0.4 is 15.7 Å². The largest absolute Gasteiger partial charge is 0.872 e. The van der Waals surface area contributed by atoms with E-state index in [0.717, 1.165) is 5.56 Å². The van der Waals surface area contributed by atoms with Gasteiger partial charge < -0.3 is 15.7 Å². The zero-order chi connectivity index (χ0) is 18.4. The van der Waals surface area contributed by atoms with E-state index < -0.39 is 5.41 Å². The monoisotopic (exact) mass is 337 g/mol. The smallest absolute Gasteiger partial charge is 0.248 e. The number of benzene rings is 2. The zero-order valence-corrected chi connectivity index (χ0v) is 14.5.